The fraction of sp³-hybridized carbons (Fsp3) is 0.818. The van der Waals surface area contributed by atoms with Crippen molar-refractivity contribution < 1.29 is 48.5 Å². The standard InChI is InChI=1S/C33H58N3O10/c37-23-15-16-28(33(43)44)36-31(40)20-19-30(39)35-22-25-46-27-26-45-24-21-34-29(38)17-13-11-9-7-5-3-1-2-4-6-8-10-12-14-18-32(41)42/h28H,1-22,24-27H2,(H,34,38)(H,35,39)(H,36,40)(H,41,42)(H,43,44)/t28-/m0/s1. The average molecular weight is 657 g/mol. The first-order valence-corrected chi connectivity index (χ1v) is 17.0. The van der Waals surface area contributed by atoms with Crippen LogP contribution in [0.3, 0.4) is 0 Å². The average Bonchev–Trinajstić information content (AvgIpc) is 3.02. The van der Waals surface area contributed by atoms with E-state index in [0.29, 0.717) is 39.2 Å². The highest BCUT2D eigenvalue weighted by atomic mass is 16.5. The number of carbonyl (C=O) groups excluding carboxylic acids is 4. The molecule has 0 aliphatic rings. The molecule has 0 aromatic heterocycles. The molecular weight excluding hydrogens is 598 g/mol. The van der Waals surface area contributed by atoms with Crippen LogP contribution in [0.4, 0.5) is 0 Å². The van der Waals surface area contributed by atoms with Crippen molar-refractivity contribution in [3.8, 4) is 0 Å². The molecule has 3 amide bonds. The van der Waals surface area contributed by atoms with Crippen LogP contribution in [-0.4, -0.2) is 91.7 Å². The van der Waals surface area contributed by atoms with Crippen LogP contribution < -0.4 is 16.0 Å². The quantitative estimate of drug-likeness (QED) is 0.0635. The van der Waals surface area contributed by atoms with Crippen molar-refractivity contribution in [3.05, 3.63) is 0 Å². The van der Waals surface area contributed by atoms with Crippen molar-refractivity contribution in [1.82, 2.24) is 16.0 Å². The van der Waals surface area contributed by atoms with E-state index in [4.69, 9.17) is 19.7 Å². The van der Waals surface area contributed by atoms with E-state index in [-0.39, 0.29) is 50.6 Å². The second-order valence-corrected chi connectivity index (χ2v) is 11.4. The van der Waals surface area contributed by atoms with Gasteiger partial charge >= 0.3 is 11.9 Å². The van der Waals surface area contributed by atoms with Gasteiger partial charge in [0, 0.05) is 45.2 Å². The number of hydrogen-bond donors (Lipinski definition) is 5. The number of nitrogens with one attached hydrogen (secondary N) is 3. The van der Waals surface area contributed by atoms with Crippen LogP contribution in [0.15, 0.2) is 0 Å². The van der Waals surface area contributed by atoms with E-state index in [9.17, 15) is 28.8 Å². The van der Waals surface area contributed by atoms with E-state index in [1.54, 1.807) is 6.29 Å². The minimum atomic E-state index is -1.25. The Morgan fingerprint density at radius 2 is 0.957 bits per heavy atom. The van der Waals surface area contributed by atoms with Gasteiger partial charge in [0.05, 0.1) is 26.4 Å². The summed E-state index contributed by atoms with van der Waals surface area (Å²) in [5.41, 5.74) is 0. The zero-order valence-corrected chi connectivity index (χ0v) is 27.6. The number of aliphatic carboxylic acids is 2. The highest BCUT2D eigenvalue weighted by molar-refractivity contribution is 5.87. The molecule has 0 heterocycles. The highest BCUT2D eigenvalue weighted by Gasteiger charge is 2.19. The van der Waals surface area contributed by atoms with Gasteiger partial charge in [0.15, 0.2) is 6.29 Å². The smallest absolute Gasteiger partial charge is 0.326 e. The van der Waals surface area contributed by atoms with Crippen molar-refractivity contribution in [3.63, 3.8) is 0 Å². The Kier molecular flexibility index (Phi) is 29.8. The number of amides is 3. The van der Waals surface area contributed by atoms with E-state index >= 15 is 0 Å². The molecule has 0 aromatic rings. The Labute approximate surface area is 274 Å². The molecule has 46 heavy (non-hydrogen) atoms. The van der Waals surface area contributed by atoms with Gasteiger partial charge in [0.2, 0.25) is 17.7 Å². The molecule has 0 rings (SSSR count). The maximum atomic E-state index is 12.0. The summed E-state index contributed by atoms with van der Waals surface area (Å²) in [5, 5.41) is 25.4. The minimum absolute atomic E-state index is 0.0354. The summed E-state index contributed by atoms with van der Waals surface area (Å²) in [4.78, 5) is 67.4. The van der Waals surface area contributed by atoms with Gasteiger partial charge in [-0.05, 0) is 19.3 Å². The number of carboxylic acids is 2. The molecule has 265 valence electrons. The lowest BCUT2D eigenvalue weighted by atomic mass is 10.0. The van der Waals surface area contributed by atoms with Crippen LogP contribution in [0.1, 0.15) is 128 Å². The van der Waals surface area contributed by atoms with Crippen molar-refractivity contribution in [1.29, 1.82) is 0 Å². The van der Waals surface area contributed by atoms with Gasteiger partial charge in [0.25, 0.3) is 0 Å². The number of rotatable bonds is 34. The van der Waals surface area contributed by atoms with Crippen LogP contribution in [0.25, 0.3) is 0 Å². The topological polar surface area (TPSA) is 197 Å². The lowest BCUT2D eigenvalue weighted by Crippen LogP contribution is -2.41. The monoisotopic (exact) mass is 656 g/mol. The van der Waals surface area contributed by atoms with Gasteiger partial charge < -0.3 is 35.6 Å². The molecule has 0 saturated heterocycles. The van der Waals surface area contributed by atoms with Crippen LogP contribution in [0.5, 0.6) is 0 Å². The predicted octanol–water partition coefficient (Wildman–Crippen LogP) is 3.82. The highest BCUT2D eigenvalue weighted by Crippen LogP contribution is 2.13. The van der Waals surface area contributed by atoms with E-state index in [1.807, 2.05) is 0 Å². The zero-order chi connectivity index (χ0) is 34.1. The molecule has 13 heteroatoms. The number of unbranched alkanes of at least 4 members (excludes halogenated alkanes) is 13. The Bertz CT molecular complexity index is 841. The molecule has 0 aliphatic carbocycles. The lowest BCUT2D eigenvalue weighted by molar-refractivity contribution is -0.142. The third-order valence-electron chi connectivity index (χ3n) is 7.30. The fourth-order valence-electron chi connectivity index (χ4n) is 4.66. The molecule has 1 atom stereocenters. The first-order valence-electron chi connectivity index (χ1n) is 17.0. The Morgan fingerprint density at radius 3 is 1.39 bits per heavy atom. The normalized spacial score (nSPS) is 11.5. The summed E-state index contributed by atoms with van der Waals surface area (Å²) in [6.45, 7) is 2.03. The third kappa shape index (κ3) is 30.9. The minimum Gasteiger partial charge on any atom is -0.481 e. The molecule has 0 bridgehead atoms. The first kappa shape index (κ1) is 42.9. The van der Waals surface area contributed by atoms with Crippen molar-refractivity contribution >= 4 is 35.9 Å². The summed E-state index contributed by atoms with van der Waals surface area (Å²) in [5.74, 6) is -2.86. The van der Waals surface area contributed by atoms with Gasteiger partial charge in [-0.2, -0.15) is 0 Å². The van der Waals surface area contributed by atoms with Crippen LogP contribution in [-0.2, 0) is 38.2 Å². The van der Waals surface area contributed by atoms with E-state index in [0.717, 1.165) is 38.5 Å². The molecule has 13 nitrogen and oxygen atoms in total. The Hall–Kier alpha value is -3.06. The number of carbonyl (C=O) groups is 5. The van der Waals surface area contributed by atoms with E-state index in [1.165, 1.54) is 51.4 Å². The second kappa shape index (κ2) is 31.9. The second-order valence-electron chi connectivity index (χ2n) is 11.4. The molecule has 0 aliphatic heterocycles. The van der Waals surface area contributed by atoms with Crippen LogP contribution in [0, 0.1) is 0 Å². The van der Waals surface area contributed by atoms with E-state index in [2.05, 4.69) is 16.0 Å². The Morgan fingerprint density at radius 1 is 0.543 bits per heavy atom. The number of carboxylic acid groups (broad SMARTS) is 2. The van der Waals surface area contributed by atoms with Crippen molar-refractivity contribution in [2.75, 3.05) is 39.5 Å². The van der Waals surface area contributed by atoms with Gasteiger partial charge in [-0.3, -0.25) is 24.0 Å². The maximum absolute atomic E-state index is 12.0. The molecule has 0 aromatic carbocycles. The molecule has 0 fully saturated rings. The largest absolute Gasteiger partial charge is 0.481 e. The predicted molar refractivity (Wildman–Crippen MR) is 173 cm³/mol. The number of hydrogen-bond acceptors (Lipinski definition) is 8. The van der Waals surface area contributed by atoms with Crippen LogP contribution >= 0.6 is 0 Å². The Balaban J connectivity index is 3.42. The number of ether oxygens (including phenoxy) is 2. The third-order valence-corrected chi connectivity index (χ3v) is 7.30. The summed E-state index contributed by atoms with van der Waals surface area (Å²) >= 11 is 0. The molecule has 0 unspecified atom stereocenters. The van der Waals surface area contributed by atoms with Crippen molar-refractivity contribution in [2.24, 2.45) is 0 Å². The van der Waals surface area contributed by atoms with Gasteiger partial charge in [0.1, 0.15) is 6.04 Å². The summed E-state index contributed by atoms with van der Waals surface area (Å²) < 4.78 is 10.8. The van der Waals surface area contributed by atoms with Gasteiger partial charge in [-0.15, -0.1) is 0 Å². The maximum Gasteiger partial charge on any atom is 0.326 e. The molecule has 0 saturated carbocycles. The van der Waals surface area contributed by atoms with Crippen LogP contribution in [0.2, 0.25) is 0 Å². The summed E-state index contributed by atoms with van der Waals surface area (Å²) in [7, 11) is 0. The van der Waals surface area contributed by atoms with Crippen molar-refractivity contribution in [2.45, 2.75) is 134 Å². The molecule has 1 radical (unpaired) electrons. The SMILES string of the molecule is O=[C]CC[C@H](NC(=O)CCC(=O)NCCOCCOCCNC(=O)CCCCCCCCCCCCCCCCC(=O)O)C(=O)O. The molecule has 0 spiro atoms. The van der Waals surface area contributed by atoms with Gasteiger partial charge in [-0.25, -0.2) is 4.79 Å². The summed E-state index contributed by atoms with van der Waals surface area (Å²) in [6.07, 6.45) is 18.1. The molecular formula is C33H58N3O10. The van der Waals surface area contributed by atoms with Gasteiger partial charge in [-0.1, -0.05) is 77.0 Å². The summed E-state index contributed by atoms with van der Waals surface area (Å²) in [6, 6.07) is -1.19. The fourth-order valence-corrected chi connectivity index (χ4v) is 4.66. The van der Waals surface area contributed by atoms with E-state index < -0.39 is 23.9 Å². The lowest BCUT2D eigenvalue weighted by Gasteiger charge is -2.13. The first-order chi connectivity index (χ1) is 22.3. The molecule has 5 N–H and O–H groups in total. The zero-order valence-electron chi connectivity index (χ0n) is 27.6.